The number of hydrogen-bond donors (Lipinski definition) is 1. The van der Waals surface area contributed by atoms with E-state index in [0.29, 0.717) is 6.54 Å². The second-order valence-corrected chi connectivity index (χ2v) is 4.82. The lowest BCUT2D eigenvalue weighted by atomic mass is 10.0. The second-order valence-electron chi connectivity index (χ2n) is 4.82. The van der Waals surface area contributed by atoms with Gasteiger partial charge in [-0.05, 0) is 31.4 Å². The van der Waals surface area contributed by atoms with Crippen LogP contribution in [0.4, 0.5) is 0 Å². The highest BCUT2D eigenvalue weighted by atomic mass is 15.2. The molecule has 17 heavy (non-hydrogen) atoms. The summed E-state index contributed by atoms with van der Waals surface area (Å²) in [5.74, 6) is 0.843. The van der Waals surface area contributed by atoms with Crippen LogP contribution < -0.4 is 5.73 Å². The lowest BCUT2D eigenvalue weighted by molar-refractivity contribution is 0.235. The number of aromatic nitrogens is 2. The van der Waals surface area contributed by atoms with Gasteiger partial charge in [0.15, 0.2) is 0 Å². The lowest BCUT2D eigenvalue weighted by Gasteiger charge is -2.26. The molecule has 2 rings (SSSR count). The van der Waals surface area contributed by atoms with E-state index in [1.165, 1.54) is 25.8 Å². The van der Waals surface area contributed by atoms with Crippen molar-refractivity contribution in [3.63, 3.8) is 0 Å². The molecule has 0 radical (unpaired) electrons. The average Bonchev–Trinajstić information content (AvgIpc) is 2.81. The van der Waals surface area contributed by atoms with Crippen molar-refractivity contribution in [2.75, 3.05) is 19.6 Å². The summed E-state index contributed by atoms with van der Waals surface area (Å²) in [5.41, 5.74) is 6.96. The lowest BCUT2D eigenvalue weighted by Crippen LogP contribution is -2.32. The van der Waals surface area contributed by atoms with Crippen molar-refractivity contribution in [3.05, 3.63) is 24.3 Å². The van der Waals surface area contributed by atoms with Crippen LogP contribution in [0.15, 0.2) is 18.6 Å². The highest BCUT2D eigenvalue weighted by Gasteiger charge is 2.28. The molecule has 2 N–H and O–H groups in total. The molecule has 1 aromatic heterocycles. The van der Waals surface area contributed by atoms with Crippen LogP contribution in [-0.2, 0) is 0 Å². The van der Waals surface area contributed by atoms with E-state index in [9.17, 15) is 0 Å². The first-order valence-electron chi connectivity index (χ1n) is 6.55. The van der Waals surface area contributed by atoms with Crippen LogP contribution in [0.3, 0.4) is 0 Å². The summed E-state index contributed by atoms with van der Waals surface area (Å²) in [6, 6.07) is 2.24. The summed E-state index contributed by atoms with van der Waals surface area (Å²) in [5, 5.41) is 0. The van der Waals surface area contributed by atoms with E-state index in [1.807, 2.05) is 6.07 Å². The maximum absolute atomic E-state index is 5.90. The highest BCUT2D eigenvalue weighted by molar-refractivity contribution is 5.06. The van der Waals surface area contributed by atoms with Gasteiger partial charge in [-0.2, -0.15) is 0 Å². The summed E-state index contributed by atoms with van der Waals surface area (Å²) >= 11 is 0. The van der Waals surface area contributed by atoms with E-state index in [2.05, 4.69) is 21.8 Å². The number of nitrogens with two attached hydrogens (primary N) is 1. The van der Waals surface area contributed by atoms with Crippen molar-refractivity contribution >= 4 is 0 Å². The van der Waals surface area contributed by atoms with Gasteiger partial charge in [-0.25, -0.2) is 9.97 Å². The molecule has 0 aromatic carbocycles. The Morgan fingerprint density at radius 2 is 2.47 bits per heavy atom. The van der Waals surface area contributed by atoms with Crippen LogP contribution in [0.5, 0.6) is 0 Å². The summed E-state index contributed by atoms with van der Waals surface area (Å²) in [6.45, 7) is 5.21. The normalized spacial score (nSPS) is 22.8. The molecule has 0 aliphatic carbocycles. The molecule has 1 saturated heterocycles. The van der Waals surface area contributed by atoms with Gasteiger partial charge < -0.3 is 5.73 Å². The van der Waals surface area contributed by atoms with Gasteiger partial charge in [0.1, 0.15) is 6.33 Å². The minimum absolute atomic E-state index is 0.264. The topological polar surface area (TPSA) is 55.0 Å². The van der Waals surface area contributed by atoms with E-state index >= 15 is 0 Å². The molecule has 0 bridgehead atoms. The fraction of sp³-hybridized carbons (Fsp3) is 0.692. The molecule has 2 atom stereocenters. The Balaban J connectivity index is 2.01. The van der Waals surface area contributed by atoms with E-state index in [1.54, 1.807) is 12.5 Å². The summed E-state index contributed by atoms with van der Waals surface area (Å²) in [7, 11) is 0. The Morgan fingerprint density at radius 1 is 1.59 bits per heavy atom. The third-order valence-electron chi connectivity index (χ3n) is 3.62. The molecule has 4 heteroatoms. The van der Waals surface area contributed by atoms with Gasteiger partial charge in [-0.1, -0.05) is 13.3 Å². The first kappa shape index (κ1) is 12.5. The van der Waals surface area contributed by atoms with Gasteiger partial charge in [-0.15, -0.1) is 0 Å². The van der Waals surface area contributed by atoms with E-state index in [0.717, 1.165) is 18.2 Å². The Morgan fingerprint density at radius 3 is 3.12 bits per heavy atom. The number of hydrogen-bond acceptors (Lipinski definition) is 4. The molecule has 1 aliphatic rings. The Hall–Kier alpha value is -1.00. The zero-order valence-corrected chi connectivity index (χ0v) is 10.5. The minimum atomic E-state index is 0.264. The average molecular weight is 234 g/mol. The molecule has 2 heterocycles. The van der Waals surface area contributed by atoms with Crippen molar-refractivity contribution in [3.8, 4) is 0 Å². The molecule has 0 spiro atoms. The van der Waals surface area contributed by atoms with Gasteiger partial charge in [0.25, 0.3) is 0 Å². The Kier molecular flexibility index (Phi) is 4.45. The SMILES string of the molecule is CCCC1CCN(C(CN)c2ccncn2)C1. The van der Waals surface area contributed by atoms with Gasteiger partial charge in [-0.3, -0.25) is 4.90 Å². The van der Waals surface area contributed by atoms with Crippen LogP contribution in [-0.4, -0.2) is 34.5 Å². The summed E-state index contributed by atoms with van der Waals surface area (Å²) in [4.78, 5) is 10.8. The molecular formula is C13H22N4. The quantitative estimate of drug-likeness (QED) is 0.840. The summed E-state index contributed by atoms with van der Waals surface area (Å²) in [6.07, 6.45) is 7.31. The van der Waals surface area contributed by atoms with Crippen LogP contribution in [0, 0.1) is 5.92 Å². The minimum Gasteiger partial charge on any atom is -0.329 e. The van der Waals surface area contributed by atoms with Crippen LogP contribution in [0.1, 0.15) is 37.9 Å². The maximum Gasteiger partial charge on any atom is 0.115 e. The first-order valence-corrected chi connectivity index (χ1v) is 6.55. The van der Waals surface area contributed by atoms with Crippen LogP contribution in [0.2, 0.25) is 0 Å². The van der Waals surface area contributed by atoms with Gasteiger partial charge in [0.05, 0.1) is 11.7 Å². The molecule has 0 amide bonds. The molecule has 1 aromatic rings. The molecule has 1 aliphatic heterocycles. The van der Waals surface area contributed by atoms with Crippen molar-refractivity contribution in [1.29, 1.82) is 0 Å². The van der Waals surface area contributed by atoms with Crippen molar-refractivity contribution in [2.45, 2.75) is 32.2 Å². The Bertz CT molecular complexity index is 327. The number of nitrogens with zero attached hydrogens (tertiary/aromatic N) is 3. The Labute approximate surface area is 103 Å². The largest absolute Gasteiger partial charge is 0.329 e. The molecule has 4 nitrogen and oxygen atoms in total. The standard InChI is InChI=1S/C13H22N4/c1-2-3-11-5-7-17(9-11)13(8-14)12-4-6-15-10-16-12/h4,6,10-11,13H,2-3,5,7-9,14H2,1H3. The smallest absolute Gasteiger partial charge is 0.115 e. The third kappa shape index (κ3) is 3.01. The van der Waals surface area contributed by atoms with Gasteiger partial charge in [0.2, 0.25) is 0 Å². The predicted octanol–water partition coefficient (Wildman–Crippen LogP) is 1.60. The molecule has 1 fully saturated rings. The van der Waals surface area contributed by atoms with Crippen molar-refractivity contribution < 1.29 is 0 Å². The third-order valence-corrected chi connectivity index (χ3v) is 3.62. The number of rotatable bonds is 5. The summed E-state index contributed by atoms with van der Waals surface area (Å²) < 4.78 is 0. The fourth-order valence-electron chi connectivity index (χ4n) is 2.74. The molecule has 94 valence electrons. The van der Waals surface area contributed by atoms with E-state index in [-0.39, 0.29) is 6.04 Å². The van der Waals surface area contributed by atoms with E-state index in [4.69, 9.17) is 5.73 Å². The molecule has 2 unspecified atom stereocenters. The van der Waals surface area contributed by atoms with Crippen LogP contribution >= 0.6 is 0 Å². The molecular weight excluding hydrogens is 212 g/mol. The van der Waals surface area contributed by atoms with Crippen molar-refractivity contribution in [2.24, 2.45) is 11.7 Å². The van der Waals surface area contributed by atoms with E-state index < -0.39 is 0 Å². The first-order chi connectivity index (χ1) is 8.35. The second kappa shape index (κ2) is 6.07. The molecule has 0 saturated carbocycles. The van der Waals surface area contributed by atoms with Gasteiger partial charge >= 0.3 is 0 Å². The zero-order valence-electron chi connectivity index (χ0n) is 10.5. The van der Waals surface area contributed by atoms with Gasteiger partial charge in [0, 0.05) is 19.3 Å². The van der Waals surface area contributed by atoms with Crippen molar-refractivity contribution in [1.82, 2.24) is 14.9 Å². The van der Waals surface area contributed by atoms with Crippen LogP contribution in [0.25, 0.3) is 0 Å². The highest BCUT2D eigenvalue weighted by Crippen LogP contribution is 2.27. The predicted molar refractivity (Wildman–Crippen MR) is 68.4 cm³/mol. The monoisotopic (exact) mass is 234 g/mol. The maximum atomic E-state index is 5.90. The number of likely N-dealkylation sites (tertiary alicyclic amines) is 1. The zero-order chi connectivity index (χ0) is 12.1. The fourth-order valence-corrected chi connectivity index (χ4v) is 2.74.